The molecule has 0 N–H and O–H groups in total. The second-order valence-corrected chi connectivity index (χ2v) is 11.7. The molecule has 1 aromatic carbocycles. The van der Waals surface area contributed by atoms with Crippen molar-refractivity contribution >= 4 is 49.6 Å². The van der Waals surface area contributed by atoms with E-state index in [2.05, 4.69) is 15.9 Å². The van der Waals surface area contributed by atoms with Gasteiger partial charge in [-0.25, -0.2) is 14.4 Å². The summed E-state index contributed by atoms with van der Waals surface area (Å²) in [6.07, 6.45) is 1.66. The maximum atomic E-state index is 13.5. The molecule has 4 heterocycles. The lowest BCUT2D eigenvalue weighted by atomic mass is 10.1. The molecular formula is C26H30FN9OS2. The minimum Gasteiger partial charge on any atom is -0.348 e. The minimum atomic E-state index is -0.337. The molecule has 3 aromatic heterocycles. The number of likely N-dealkylation sites (N-methyl/N-ethyl adjacent to an activating group) is 2. The minimum absolute atomic E-state index is 0.0905. The van der Waals surface area contributed by atoms with E-state index in [4.69, 9.17) is 15.1 Å². The van der Waals surface area contributed by atoms with Crippen LogP contribution in [0.15, 0.2) is 24.3 Å². The number of halogens is 1. The number of imidazole rings is 1. The van der Waals surface area contributed by atoms with Crippen molar-refractivity contribution in [2.24, 2.45) is 0 Å². The van der Waals surface area contributed by atoms with Gasteiger partial charge in [0.05, 0.1) is 12.2 Å². The summed E-state index contributed by atoms with van der Waals surface area (Å²) in [4.78, 5) is 30.9. The monoisotopic (exact) mass is 567 g/mol. The van der Waals surface area contributed by atoms with E-state index in [0.717, 1.165) is 41.1 Å². The molecule has 204 valence electrons. The van der Waals surface area contributed by atoms with E-state index in [0.29, 0.717) is 34.2 Å². The van der Waals surface area contributed by atoms with E-state index in [1.807, 2.05) is 30.4 Å². The van der Waals surface area contributed by atoms with E-state index in [9.17, 15) is 14.4 Å². The predicted octanol–water partition coefficient (Wildman–Crippen LogP) is 3.85. The molecule has 4 aromatic rings. The summed E-state index contributed by atoms with van der Waals surface area (Å²) in [6.45, 7) is 4.08. The SMILES string of the molecule is CCc1nc2sc(N3CCC(N(C)CC(=O)N(C)C)C3)nn2c1N(C)c1nc(-c2ccc(F)cc2)c(C#N)s1. The van der Waals surface area contributed by atoms with Gasteiger partial charge in [-0.2, -0.15) is 9.78 Å². The summed E-state index contributed by atoms with van der Waals surface area (Å²) < 4.78 is 15.3. The number of carbonyl (C=O) groups is 1. The molecule has 1 aliphatic rings. The second kappa shape index (κ2) is 10.9. The Labute approximate surface area is 234 Å². The van der Waals surface area contributed by atoms with Crippen molar-refractivity contribution in [3.05, 3.63) is 40.7 Å². The Kier molecular flexibility index (Phi) is 7.53. The topological polar surface area (TPSA) is 96.9 Å². The zero-order chi connectivity index (χ0) is 27.8. The molecule has 1 unspecified atom stereocenters. The van der Waals surface area contributed by atoms with Gasteiger partial charge in [-0.05, 0) is 44.2 Å². The summed E-state index contributed by atoms with van der Waals surface area (Å²) in [5, 5.41) is 16.2. The van der Waals surface area contributed by atoms with E-state index >= 15 is 0 Å². The van der Waals surface area contributed by atoms with Crippen molar-refractivity contribution in [1.29, 1.82) is 5.26 Å². The van der Waals surface area contributed by atoms with Gasteiger partial charge in [0.25, 0.3) is 0 Å². The maximum Gasteiger partial charge on any atom is 0.236 e. The van der Waals surface area contributed by atoms with E-state index < -0.39 is 0 Å². The standard InChI is InChI=1S/C26H30FN9OS2/c1-6-19-23(34(5)24-30-22(20(13-28)38-24)16-7-9-17(27)10-8-16)36-25(29-19)39-26(31-36)35-12-11-18(14-35)33(4)15-21(37)32(2)3/h7-10,18H,6,11-12,14-15H2,1-5H3. The Morgan fingerprint density at radius 2 is 1.92 bits per heavy atom. The van der Waals surface area contributed by atoms with Gasteiger partial charge in [0.1, 0.15) is 22.5 Å². The molecule has 10 nitrogen and oxygen atoms in total. The van der Waals surface area contributed by atoms with E-state index in [-0.39, 0.29) is 17.8 Å². The molecule has 0 bridgehead atoms. The number of nitrogens with zero attached hydrogens (tertiary/aromatic N) is 9. The Balaban J connectivity index is 1.42. The molecule has 0 aliphatic carbocycles. The summed E-state index contributed by atoms with van der Waals surface area (Å²) in [5.41, 5.74) is 2.11. The number of nitriles is 1. The maximum absolute atomic E-state index is 13.5. The summed E-state index contributed by atoms with van der Waals surface area (Å²) in [6, 6.07) is 8.50. The highest BCUT2D eigenvalue weighted by Crippen LogP contribution is 2.38. The Bertz CT molecular complexity index is 1540. The Hall–Kier alpha value is -3.60. The molecule has 39 heavy (non-hydrogen) atoms. The molecule has 13 heteroatoms. The number of benzene rings is 1. The van der Waals surface area contributed by atoms with Gasteiger partial charge in [-0.3, -0.25) is 9.69 Å². The first-order valence-electron chi connectivity index (χ1n) is 12.6. The van der Waals surface area contributed by atoms with Crippen molar-refractivity contribution in [2.45, 2.75) is 25.8 Å². The fourth-order valence-corrected chi connectivity index (χ4v) is 6.45. The van der Waals surface area contributed by atoms with Crippen LogP contribution in [0.4, 0.5) is 20.5 Å². The number of hydrogen-bond acceptors (Lipinski definition) is 10. The van der Waals surface area contributed by atoms with Crippen molar-refractivity contribution < 1.29 is 9.18 Å². The molecule has 0 spiro atoms. The number of aryl methyl sites for hydroxylation is 1. The van der Waals surface area contributed by atoms with Gasteiger partial charge in [-0.1, -0.05) is 29.6 Å². The van der Waals surface area contributed by atoms with Crippen LogP contribution in [0.5, 0.6) is 0 Å². The van der Waals surface area contributed by atoms with Crippen LogP contribution in [0.2, 0.25) is 0 Å². The quantitative estimate of drug-likeness (QED) is 0.317. The van der Waals surface area contributed by atoms with Crippen LogP contribution in [-0.2, 0) is 11.2 Å². The van der Waals surface area contributed by atoms with Crippen LogP contribution >= 0.6 is 22.7 Å². The largest absolute Gasteiger partial charge is 0.348 e. The van der Waals surface area contributed by atoms with Crippen LogP contribution in [0.1, 0.15) is 23.9 Å². The lowest BCUT2D eigenvalue weighted by Crippen LogP contribution is -2.41. The Morgan fingerprint density at radius 3 is 2.59 bits per heavy atom. The first-order chi connectivity index (χ1) is 18.7. The number of hydrogen-bond donors (Lipinski definition) is 0. The van der Waals surface area contributed by atoms with Crippen molar-refractivity contribution in [3.8, 4) is 17.3 Å². The lowest BCUT2D eigenvalue weighted by molar-refractivity contribution is -0.130. The number of rotatable bonds is 8. The first kappa shape index (κ1) is 27.0. The highest BCUT2D eigenvalue weighted by Gasteiger charge is 2.30. The van der Waals surface area contributed by atoms with Crippen LogP contribution in [0.25, 0.3) is 16.2 Å². The zero-order valence-electron chi connectivity index (χ0n) is 22.5. The molecule has 0 saturated carbocycles. The molecule has 1 fully saturated rings. The predicted molar refractivity (Wildman–Crippen MR) is 152 cm³/mol. The normalized spacial score (nSPS) is 15.3. The highest BCUT2D eigenvalue weighted by molar-refractivity contribution is 7.20. The van der Waals surface area contributed by atoms with Crippen molar-refractivity contribution in [1.82, 2.24) is 29.4 Å². The van der Waals surface area contributed by atoms with Gasteiger partial charge in [0, 0.05) is 45.8 Å². The number of amides is 1. The Morgan fingerprint density at radius 1 is 1.18 bits per heavy atom. The molecule has 0 radical (unpaired) electrons. The third-order valence-electron chi connectivity index (χ3n) is 6.95. The molecule has 5 rings (SSSR count). The third-order valence-corrected chi connectivity index (χ3v) is 8.96. The summed E-state index contributed by atoms with van der Waals surface area (Å²) in [5.74, 6) is 0.563. The summed E-state index contributed by atoms with van der Waals surface area (Å²) in [7, 11) is 7.45. The van der Waals surface area contributed by atoms with Gasteiger partial charge in [0.2, 0.25) is 16.0 Å². The number of fused-ring (bicyclic) bond motifs is 1. The number of thiazole rings is 1. The fourth-order valence-electron chi connectivity index (χ4n) is 4.65. The average molecular weight is 568 g/mol. The molecule has 1 atom stereocenters. The fraction of sp³-hybridized carbons (Fsp3) is 0.423. The highest BCUT2D eigenvalue weighted by atomic mass is 32.1. The molecule has 1 aliphatic heterocycles. The van der Waals surface area contributed by atoms with Crippen LogP contribution in [0, 0.1) is 17.1 Å². The van der Waals surface area contributed by atoms with Crippen LogP contribution in [0.3, 0.4) is 0 Å². The van der Waals surface area contributed by atoms with Crippen molar-refractivity contribution in [3.63, 3.8) is 0 Å². The van der Waals surface area contributed by atoms with Gasteiger partial charge in [0.15, 0.2) is 10.9 Å². The summed E-state index contributed by atoms with van der Waals surface area (Å²) >= 11 is 2.83. The van der Waals surface area contributed by atoms with Gasteiger partial charge >= 0.3 is 0 Å². The molecular weight excluding hydrogens is 537 g/mol. The number of anilines is 3. The van der Waals surface area contributed by atoms with Gasteiger partial charge < -0.3 is 14.7 Å². The molecule has 1 amide bonds. The number of aromatic nitrogens is 4. The average Bonchev–Trinajstić information content (AvgIpc) is 3.70. The van der Waals surface area contributed by atoms with E-state index in [1.54, 1.807) is 42.5 Å². The second-order valence-electron chi connectivity index (χ2n) is 9.76. The smallest absolute Gasteiger partial charge is 0.236 e. The van der Waals surface area contributed by atoms with Crippen LogP contribution in [-0.4, -0.2) is 89.2 Å². The third kappa shape index (κ3) is 5.19. The van der Waals surface area contributed by atoms with Crippen LogP contribution < -0.4 is 9.80 Å². The zero-order valence-corrected chi connectivity index (χ0v) is 24.2. The first-order valence-corrected chi connectivity index (χ1v) is 14.3. The van der Waals surface area contributed by atoms with Gasteiger partial charge in [-0.15, -0.1) is 5.10 Å². The van der Waals surface area contributed by atoms with E-state index in [1.165, 1.54) is 23.5 Å². The molecule has 1 saturated heterocycles. The van der Waals surface area contributed by atoms with Crippen molar-refractivity contribution in [2.75, 3.05) is 57.6 Å². The number of carbonyl (C=O) groups excluding carboxylic acids is 1. The lowest BCUT2D eigenvalue weighted by Gasteiger charge is -2.25.